The lowest BCUT2D eigenvalue weighted by atomic mass is 10.2. The van der Waals surface area contributed by atoms with Gasteiger partial charge in [-0.05, 0) is 50.2 Å². The van der Waals surface area contributed by atoms with Gasteiger partial charge in [-0.15, -0.1) is 5.10 Å². The highest BCUT2D eigenvalue weighted by Gasteiger charge is 2.06. The van der Waals surface area contributed by atoms with Gasteiger partial charge in [0, 0.05) is 12.6 Å². The molecule has 0 saturated heterocycles. The number of para-hydroxylation sites is 1. The predicted molar refractivity (Wildman–Crippen MR) is 96.0 cm³/mol. The molecule has 6 heteroatoms. The number of hydrogen-bond donors (Lipinski definition) is 1. The number of amides is 1. The van der Waals surface area contributed by atoms with Crippen LogP contribution in [0.1, 0.15) is 24.2 Å². The molecule has 0 radical (unpaired) electrons. The van der Waals surface area contributed by atoms with Crippen molar-refractivity contribution in [2.24, 2.45) is 12.1 Å². The lowest BCUT2D eigenvalue weighted by Crippen LogP contribution is -2.23. The van der Waals surface area contributed by atoms with Crippen molar-refractivity contribution in [2.75, 3.05) is 0 Å². The maximum absolute atomic E-state index is 12.2. The zero-order chi connectivity index (χ0) is 17.1. The monoisotopic (exact) mass is 341 g/mol. The fraction of sp³-hybridized carbons (Fsp3) is 0.222. The average molecular weight is 341 g/mol. The first kappa shape index (κ1) is 16.3. The normalized spacial score (nSPS) is 11.9. The van der Waals surface area contributed by atoms with Gasteiger partial charge < -0.3 is 9.30 Å². The number of nitrogens with one attached hydrogen (secondary N) is 1. The second-order valence-corrected chi connectivity index (χ2v) is 6.66. The SMILES string of the molecule is CC(C)Oc1ccc(C(=O)N/N=c2/sc3ccccc3n2C)cc1. The molecule has 1 heterocycles. The van der Waals surface area contributed by atoms with Crippen LogP contribution in [0.5, 0.6) is 5.75 Å². The molecule has 0 fully saturated rings. The molecule has 0 aliphatic rings. The summed E-state index contributed by atoms with van der Waals surface area (Å²) >= 11 is 1.53. The summed E-state index contributed by atoms with van der Waals surface area (Å²) in [4.78, 5) is 13.0. The van der Waals surface area contributed by atoms with Gasteiger partial charge >= 0.3 is 0 Å². The van der Waals surface area contributed by atoms with Crippen LogP contribution in [0, 0.1) is 0 Å². The van der Waals surface area contributed by atoms with Crippen LogP contribution >= 0.6 is 11.3 Å². The molecule has 1 amide bonds. The molecule has 0 unspecified atom stereocenters. The number of carbonyl (C=O) groups is 1. The van der Waals surface area contributed by atoms with Crippen LogP contribution in [0.4, 0.5) is 0 Å². The van der Waals surface area contributed by atoms with E-state index in [-0.39, 0.29) is 12.0 Å². The minimum absolute atomic E-state index is 0.104. The maximum atomic E-state index is 12.2. The molecule has 0 saturated carbocycles. The zero-order valence-corrected chi connectivity index (χ0v) is 14.6. The van der Waals surface area contributed by atoms with Gasteiger partial charge in [0.25, 0.3) is 5.91 Å². The minimum Gasteiger partial charge on any atom is -0.491 e. The van der Waals surface area contributed by atoms with E-state index in [0.29, 0.717) is 5.56 Å². The Morgan fingerprint density at radius 3 is 2.54 bits per heavy atom. The quantitative estimate of drug-likeness (QED) is 0.741. The zero-order valence-electron chi connectivity index (χ0n) is 13.8. The maximum Gasteiger partial charge on any atom is 0.271 e. The molecule has 124 valence electrons. The molecular formula is C18H19N3O2S. The lowest BCUT2D eigenvalue weighted by molar-refractivity contribution is 0.0953. The molecule has 2 aromatic carbocycles. The third-order valence-corrected chi connectivity index (χ3v) is 4.57. The second kappa shape index (κ2) is 6.88. The second-order valence-electron chi connectivity index (χ2n) is 5.66. The summed E-state index contributed by atoms with van der Waals surface area (Å²) in [5.74, 6) is 0.498. The highest BCUT2D eigenvalue weighted by Crippen LogP contribution is 2.15. The highest BCUT2D eigenvalue weighted by atomic mass is 32.1. The number of benzene rings is 2. The summed E-state index contributed by atoms with van der Waals surface area (Å²) in [5, 5.41) is 4.24. The smallest absolute Gasteiger partial charge is 0.271 e. The number of carbonyl (C=O) groups excluding carboxylic acids is 1. The van der Waals surface area contributed by atoms with E-state index in [4.69, 9.17) is 4.74 Å². The largest absolute Gasteiger partial charge is 0.491 e. The topological polar surface area (TPSA) is 55.6 Å². The van der Waals surface area contributed by atoms with Crippen LogP contribution in [0.15, 0.2) is 53.6 Å². The van der Waals surface area contributed by atoms with E-state index < -0.39 is 0 Å². The molecule has 3 rings (SSSR count). The average Bonchev–Trinajstić information content (AvgIpc) is 2.89. The number of rotatable bonds is 4. The summed E-state index contributed by atoms with van der Waals surface area (Å²) in [5.41, 5.74) is 4.24. The minimum atomic E-state index is -0.247. The van der Waals surface area contributed by atoms with Crippen LogP contribution < -0.4 is 15.0 Å². The van der Waals surface area contributed by atoms with Gasteiger partial charge in [0.05, 0.1) is 16.3 Å². The molecule has 0 aliphatic carbocycles. The van der Waals surface area contributed by atoms with Crippen molar-refractivity contribution in [3.8, 4) is 5.75 Å². The third-order valence-electron chi connectivity index (χ3n) is 3.46. The Kier molecular flexibility index (Phi) is 4.66. The molecule has 0 atom stereocenters. The highest BCUT2D eigenvalue weighted by molar-refractivity contribution is 7.16. The molecule has 0 aliphatic heterocycles. The van der Waals surface area contributed by atoms with Crippen molar-refractivity contribution < 1.29 is 9.53 Å². The number of aryl methyl sites for hydroxylation is 1. The van der Waals surface area contributed by atoms with Crippen molar-refractivity contribution in [1.82, 2.24) is 9.99 Å². The third kappa shape index (κ3) is 3.49. The number of nitrogens with zero attached hydrogens (tertiary/aromatic N) is 2. The molecule has 0 spiro atoms. The van der Waals surface area contributed by atoms with E-state index in [1.165, 1.54) is 11.3 Å². The van der Waals surface area contributed by atoms with Gasteiger partial charge in [-0.3, -0.25) is 4.79 Å². The van der Waals surface area contributed by atoms with Gasteiger partial charge in [0.2, 0.25) is 4.80 Å². The van der Waals surface area contributed by atoms with Gasteiger partial charge in [-0.1, -0.05) is 23.5 Å². The molecule has 3 aromatic rings. The fourth-order valence-corrected chi connectivity index (χ4v) is 3.29. The lowest BCUT2D eigenvalue weighted by Gasteiger charge is -2.09. The van der Waals surface area contributed by atoms with Crippen molar-refractivity contribution in [1.29, 1.82) is 0 Å². The van der Waals surface area contributed by atoms with Crippen LogP contribution in [0.25, 0.3) is 10.2 Å². The van der Waals surface area contributed by atoms with E-state index in [2.05, 4.69) is 10.5 Å². The summed E-state index contributed by atoms with van der Waals surface area (Å²) in [6, 6.07) is 15.1. The number of ether oxygens (including phenoxy) is 1. The van der Waals surface area contributed by atoms with E-state index in [1.807, 2.05) is 49.7 Å². The number of thiazole rings is 1. The molecule has 1 aromatic heterocycles. The van der Waals surface area contributed by atoms with Crippen LogP contribution in [-0.2, 0) is 7.05 Å². The van der Waals surface area contributed by atoms with Crippen molar-refractivity contribution >= 4 is 27.5 Å². The first-order valence-electron chi connectivity index (χ1n) is 7.70. The van der Waals surface area contributed by atoms with Crippen molar-refractivity contribution in [3.63, 3.8) is 0 Å². The first-order chi connectivity index (χ1) is 11.5. The van der Waals surface area contributed by atoms with E-state index >= 15 is 0 Å². The van der Waals surface area contributed by atoms with Crippen LogP contribution in [0.3, 0.4) is 0 Å². The van der Waals surface area contributed by atoms with E-state index in [1.54, 1.807) is 24.3 Å². The Hall–Kier alpha value is -2.60. The van der Waals surface area contributed by atoms with Crippen LogP contribution in [-0.4, -0.2) is 16.6 Å². The standard InChI is InChI=1S/C18H19N3O2S/c1-12(2)23-14-10-8-13(9-11-14)17(22)19-20-18-21(3)15-6-4-5-7-16(15)24-18/h4-12H,1-3H3,(H,19,22)/b20-18+. The number of hydrogen-bond acceptors (Lipinski definition) is 4. The Bertz CT molecular complexity index is 923. The number of aromatic nitrogens is 1. The van der Waals surface area contributed by atoms with E-state index in [0.717, 1.165) is 20.8 Å². The Labute approximate surface area is 144 Å². The summed E-state index contributed by atoms with van der Waals surface area (Å²) in [7, 11) is 1.93. The van der Waals surface area contributed by atoms with E-state index in [9.17, 15) is 4.79 Å². The Morgan fingerprint density at radius 1 is 1.17 bits per heavy atom. The molecule has 1 N–H and O–H groups in total. The molecule has 0 bridgehead atoms. The first-order valence-corrected chi connectivity index (χ1v) is 8.51. The summed E-state index contributed by atoms with van der Waals surface area (Å²) in [6.45, 7) is 3.93. The van der Waals surface area contributed by atoms with Crippen molar-refractivity contribution in [2.45, 2.75) is 20.0 Å². The van der Waals surface area contributed by atoms with Gasteiger partial charge in [-0.2, -0.15) is 0 Å². The number of fused-ring (bicyclic) bond motifs is 1. The summed E-state index contributed by atoms with van der Waals surface area (Å²) in [6.07, 6.45) is 0.104. The Balaban J connectivity index is 1.77. The van der Waals surface area contributed by atoms with Crippen LogP contribution in [0.2, 0.25) is 0 Å². The van der Waals surface area contributed by atoms with Gasteiger partial charge in [0.15, 0.2) is 0 Å². The molecule has 5 nitrogen and oxygen atoms in total. The predicted octanol–water partition coefficient (Wildman–Crippen LogP) is 3.27. The Morgan fingerprint density at radius 2 is 1.88 bits per heavy atom. The molecule has 24 heavy (non-hydrogen) atoms. The van der Waals surface area contributed by atoms with Gasteiger partial charge in [0.1, 0.15) is 5.75 Å². The summed E-state index contributed by atoms with van der Waals surface area (Å²) < 4.78 is 8.66. The fourth-order valence-electron chi connectivity index (χ4n) is 2.31. The van der Waals surface area contributed by atoms with Crippen molar-refractivity contribution in [3.05, 3.63) is 58.9 Å². The molecular weight excluding hydrogens is 322 g/mol. The van der Waals surface area contributed by atoms with Gasteiger partial charge in [-0.25, -0.2) is 5.43 Å².